The Balaban J connectivity index is 1.97. The predicted octanol–water partition coefficient (Wildman–Crippen LogP) is 3.83. The topological polar surface area (TPSA) is 12.4 Å². The van der Waals surface area contributed by atoms with Gasteiger partial charge in [-0.2, -0.15) is 0 Å². The highest BCUT2D eigenvalue weighted by Crippen LogP contribution is 2.25. The van der Waals surface area contributed by atoms with Crippen molar-refractivity contribution in [2.45, 2.75) is 57.8 Å². The van der Waals surface area contributed by atoms with Crippen LogP contribution in [0.1, 0.15) is 57.8 Å². The molecule has 14 heavy (non-hydrogen) atoms. The molecule has 0 N–H and O–H groups in total. The maximum atomic E-state index is 4.63. The number of rotatable bonds is 0. The fourth-order valence-electron chi connectivity index (χ4n) is 2.84. The van der Waals surface area contributed by atoms with Crippen molar-refractivity contribution >= 4 is 6.21 Å². The van der Waals surface area contributed by atoms with Crippen LogP contribution in [0.4, 0.5) is 0 Å². The highest BCUT2D eigenvalue weighted by Gasteiger charge is 2.14. The van der Waals surface area contributed by atoms with E-state index in [1.54, 1.807) is 0 Å². The van der Waals surface area contributed by atoms with Crippen molar-refractivity contribution in [3.8, 4) is 0 Å². The Labute approximate surface area is 88.0 Å². The Hall–Kier alpha value is -0.330. The molecule has 1 aliphatic carbocycles. The summed E-state index contributed by atoms with van der Waals surface area (Å²) in [6, 6.07) is 0. The quantitative estimate of drug-likeness (QED) is 0.554. The number of nitrogens with zero attached hydrogens (tertiary/aromatic N) is 1. The van der Waals surface area contributed by atoms with Gasteiger partial charge in [0.25, 0.3) is 0 Å². The van der Waals surface area contributed by atoms with Gasteiger partial charge in [0, 0.05) is 12.8 Å². The largest absolute Gasteiger partial charge is 0.297 e. The summed E-state index contributed by atoms with van der Waals surface area (Å²) in [5.41, 5.74) is 0. The molecule has 0 saturated heterocycles. The monoisotopic (exact) mass is 193 g/mol. The van der Waals surface area contributed by atoms with E-state index in [2.05, 4.69) is 11.2 Å². The van der Waals surface area contributed by atoms with E-state index in [4.69, 9.17) is 0 Å². The lowest BCUT2D eigenvalue weighted by Crippen LogP contribution is -2.11. The summed E-state index contributed by atoms with van der Waals surface area (Å²) in [4.78, 5) is 4.63. The second-order valence-electron chi connectivity index (χ2n) is 5.06. The molecule has 0 spiro atoms. The minimum atomic E-state index is 0.814. The molecule has 3 rings (SSSR count). The molecule has 0 aromatic rings. The molecule has 1 fully saturated rings. The normalized spacial score (nSPS) is 37.1. The molecule has 1 heteroatoms. The minimum absolute atomic E-state index is 0.814. The van der Waals surface area contributed by atoms with Crippen molar-refractivity contribution in [3.05, 3.63) is 0 Å². The molecule has 1 saturated carbocycles. The van der Waals surface area contributed by atoms with E-state index in [1.165, 1.54) is 57.8 Å². The summed E-state index contributed by atoms with van der Waals surface area (Å²) in [6.07, 6.45) is 15.2. The molecule has 2 atom stereocenters. The van der Waals surface area contributed by atoms with Crippen LogP contribution < -0.4 is 0 Å². The molecule has 0 radical (unpaired) electrons. The van der Waals surface area contributed by atoms with Gasteiger partial charge in [0.15, 0.2) is 0 Å². The summed E-state index contributed by atoms with van der Waals surface area (Å²) in [6.45, 7) is 1.12. The number of hydrogen-bond acceptors (Lipinski definition) is 1. The summed E-state index contributed by atoms with van der Waals surface area (Å²) in [7, 11) is 0. The van der Waals surface area contributed by atoms with Crippen LogP contribution in [0.5, 0.6) is 0 Å². The number of aliphatic imine (C=N–C) groups is 1. The van der Waals surface area contributed by atoms with Gasteiger partial charge >= 0.3 is 0 Å². The van der Waals surface area contributed by atoms with Crippen LogP contribution in [-0.4, -0.2) is 12.8 Å². The van der Waals surface area contributed by atoms with Crippen LogP contribution in [-0.2, 0) is 0 Å². The molecule has 80 valence electrons. The van der Waals surface area contributed by atoms with Crippen LogP contribution in [0.3, 0.4) is 0 Å². The molecule has 0 aromatic carbocycles. The highest BCUT2D eigenvalue weighted by atomic mass is 14.7. The maximum absolute atomic E-state index is 4.63. The first-order valence-electron chi connectivity index (χ1n) is 6.45. The second kappa shape index (κ2) is 5.53. The van der Waals surface area contributed by atoms with Gasteiger partial charge in [-0.15, -0.1) is 0 Å². The first-order valence-corrected chi connectivity index (χ1v) is 6.45. The molecule has 2 aliphatic heterocycles. The fourth-order valence-corrected chi connectivity index (χ4v) is 2.84. The van der Waals surface area contributed by atoms with Crippen molar-refractivity contribution < 1.29 is 0 Å². The van der Waals surface area contributed by atoms with Gasteiger partial charge in [0.1, 0.15) is 0 Å². The highest BCUT2D eigenvalue weighted by molar-refractivity contribution is 5.60. The molecular weight excluding hydrogens is 170 g/mol. The Kier molecular flexibility index (Phi) is 4.03. The van der Waals surface area contributed by atoms with Crippen LogP contribution in [0, 0.1) is 11.8 Å². The van der Waals surface area contributed by atoms with E-state index < -0.39 is 0 Å². The van der Waals surface area contributed by atoms with Crippen LogP contribution in [0.2, 0.25) is 0 Å². The van der Waals surface area contributed by atoms with Crippen molar-refractivity contribution in [1.82, 2.24) is 0 Å². The van der Waals surface area contributed by atoms with Gasteiger partial charge in [-0.3, -0.25) is 4.99 Å². The standard InChI is InChI=1S/C13H23N/c1-2-4-7-13-9-5-8-12(6-3-1)10-14-11-13/h10,12-13H,1-9,11H2/b14-10-/t12-,13?/m1/s1. The van der Waals surface area contributed by atoms with Crippen LogP contribution in [0.15, 0.2) is 4.99 Å². The third-order valence-electron chi connectivity index (χ3n) is 3.80. The van der Waals surface area contributed by atoms with E-state index in [0.717, 1.165) is 18.4 Å². The third-order valence-corrected chi connectivity index (χ3v) is 3.80. The van der Waals surface area contributed by atoms with E-state index >= 15 is 0 Å². The van der Waals surface area contributed by atoms with Crippen molar-refractivity contribution in [3.63, 3.8) is 0 Å². The Bertz CT molecular complexity index is 186. The predicted molar refractivity (Wildman–Crippen MR) is 61.9 cm³/mol. The molecular formula is C13H23N. The molecule has 1 nitrogen and oxygen atoms in total. The van der Waals surface area contributed by atoms with Crippen LogP contribution in [0.25, 0.3) is 0 Å². The van der Waals surface area contributed by atoms with Gasteiger partial charge < -0.3 is 0 Å². The molecule has 0 amide bonds. The van der Waals surface area contributed by atoms with Crippen LogP contribution >= 0.6 is 0 Å². The lowest BCUT2D eigenvalue weighted by molar-refractivity contribution is 0.408. The Morgan fingerprint density at radius 3 is 2.43 bits per heavy atom. The lowest BCUT2D eigenvalue weighted by atomic mass is 9.91. The van der Waals surface area contributed by atoms with Crippen molar-refractivity contribution in [2.75, 3.05) is 6.54 Å². The summed E-state index contributed by atoms with van der Waals surface area (Å²) < 4.78 is 0. The van der Waals surface area contributed by atoms with Gasteiger partial charge in [-0.1, -0.05) is 32.1 Å². The van der Waals surface area contributed by atoms with E-state index in [9.17, 15) is 0 Å². The Morgan fingerprint density at radius 1 is 0.786 bits per heavy atom. The lowest BCUT2D eigenvalue weighted by Gasteiger charge is -2.18. The van der Waals surface area contributed by atoms with E-state index in [1.807, 2.05) is 0 Å². The SMILES string of the molecule is C1=N\CC2CCCCCC[C@@H]/1CCC2. The summed E-state index contributed by atoms with van der Waals surface area (Å²) >= 11 is 0. The molecule has 3 aliphatic rings. The Morgan fingerprint density at radius 2 is 1.50 bits per heavy atom. The number of hydrogen-bond donors (Lipinski definition) is 0. The molecule has 0 aromatic heterocycles. The average molecular weight is 193 g/mol. The van der Waals surface area contributed by atoms with Gasteiger partial charge in [-0.25, -0.2) is 0 Å². The smallest absolute Gasteiger partial charge is 0.0413 e. The first-order chi connectivity index (χ1) is 6.95. The second-order valence-corrected chi connectivity index (χ2v) is 5.06. The van der Waals surface area contributed by atoms with E-state index in [0.29, 0.717) is 0 Å². The maximum Gasteiger partial charge on any atom is 0.0413 e. The average Bonchev–Trinajstić information content (AvgIpc) is 2.22. The zero-order valence-corrected chi connectivity index (χ0v) is 9.25. The van der Waals surface area contributed by atoms with Crippen molar-refractivity contribution in [2.24, 2.45) is 16.8 Å². The summed E-state index contributed by atoms with van der Waals surface area (Å²) in [5, 5.41) is 0. The van der Waals surface area contributed by atoms with Crippen molar-refractivity contribution in [1.29, 1.82) is 0 Å². The third kappa shape index (κ3) is 3.11. The fraction of sp³-hybridized carbons (Fsp3) is 0.923. The first kappa shape index (κ1) is 10.2. The molecule has 2 heterocycles. The van der Waals surface area contributed by atoms with Gasteiger partial charge in [0.05, 0.1) is 0 Å². The summed E-state index contributed by atoms with van der Waals surface area (Å²) in [5.74, 6) is 1.72. The molecule has 1 unspecified atom stereocenters. The van der Waals surface area contributed by atoms with Gasteiger partial charge in [0.2, 0.25) is 0 Å². The van der Waals surface area contributed by atoms with Gasteiger partial charge in [-0.05, 0) is 37.5 Å². The molecule has 2 bridgehead atoms. The zero-order chi connectivity index (χ0) is 9.64. The minimum Gasteiger partial charge on any atom is -0.297 e. The van der Waals surface area contributed by atoms with E-state index in [-0.39, 0.29) is 0 Å². The number of fused-ring (bicyclic) bond motifs is 8. The zero-order valence-electron chi connectivity index (χ0n) is 9.25.